The van der Waals surface area contributed by atoms with Gasteiger partial charge in [-0.1, -0.05) is 56.9 Å². The van der Waals surface area contributed by atoms with Crippen LogP contribution in [-0.2, 0) is 4.79 Å². The van der Waals surface area contributed by atoms with Crippen LogP contribution in [0.25, 0.3) is 0 Å². The molecule has 0 saturated carbocycles. The molecule has 4 N–H and O–H groups in total. The highest BCUT2D eigenvalue weighted by atomic mass is 16.4. The van der Waals surface area contributed by atoms with Crippen LogP contribution in [0.2, 0.25) is 0 Å². The normalized spacial score (nSPS) is 16.0. The van der Waals surface area contributed by atoms with Crippen molar-refractivity contribution in [3.8, 4) is 0 Å². The Bertz CT molecular complexity index is 351. The Kier molecular flexibility index (Phi) is 13.7. The Labute approximate surface area is 139 Å². The molecular formula is C18H32O5. The van der Waals surface area contributed by atoms with Crippen LogP contribution in [-0.4, -0.2) is 44.7 Å². The van der Waals surface area contributed by atoms with Gasteiger partial charge in [0, 0.05) is 6.42 Å². The Morgan fingerprint density at radius 2 is 1.61 bits per heavy atom. The first-order valence-electron chi connectivity index (χ1n) is 8.56. The summed E-state index contributed by atoms with van der Waals surface area (Å²) in [7, 11) is 0. The fourth-order valence-electron chi connectivity index (χ4n) is 2.18. The maximum absolute atomic E-state index is 10.3. The van der Waals surface area contributed by atoms with Gasteiger partial charge >= 0.3 is 5.97 Å². The van der Waals surface area contributed by atoms with Gasteiger partial charge in [-0.2, -0.15) is 0 Å². The van der Waals surface area contributed by atoms with Crippen molar-refractivity contribution < 1.29 is 25.2 Å². The van der Waals surface area contributed by atoms with Gasteiger partial charge < -0.3 is 20.4 Å². The van der Waals surface area contributed by atoms with Crippen LogP contribution < -0.4 is 0 Å². The molecule has 0 aliphatic heterocycles. The second-order valence-corrected chi connectivity index (χ2v) is 5.83. The van der Waals surface area contributed by atoms with Crippen molar-refractivity contribution in [2.75, 3.05) is 0 Å². The van der Waals surface area contributed by atoms with Gasteiger partial charge in [0.05, 0.1) is 18.3 Å². The number of carbonyl (C=O) groups is 1. The summed E-state index contributed by atoms with van der Waals surface area (Å²) in [6.45, 7) is 2.02. The van der Waals surface area contributed by atoms with Gasteiger partial charge in [0.1, 0.15) is 0 Å². The number of aliphatic carboxylic acids is 1. The fraction of sp³-hybridized carbons (Fsp3) is 0.722. The smallest absolute Gasteiger partial charge is 0.303 e. The molecule has 0 amide bonds. The highest BCUT2D eigenvalue weighted by Gasteiger charge is 2.13. The molecule has 134 valence electrons. The van der Waals surface area contributed by atoms with E-state index in [-0.39, 0.29) is 6.42 Å². The number of aliphatic hydroxyl groups excluding tert-OH is 3. The van der Waals surface area contributed by atoms with Crippen LogP contribution in [0.15, 0.2) is 24.3 Å². The van der Waals surface area contributed by atoms with E-state index in [0.717, 1.165) is 32.1 Å². The molecule has 23 heavy (non-hydrogen) atoms. The first-order valence-corrected chi connectivity index (χ1v) is 8.56. The van der Waals surface area contributed by atoms with Crippen molar-refractivity contribution in [1.82, 2.24) is 0 Å². The number of allylic oxidation sites excluding steroid dienone is 1. The van der Waals surface area contributed by atoms with Gasteiger partial charge in [-0.05, 0) is 25.7 Å². The molecule has 0 bridgehead atoms. The summed E-state index contributed by atoms with van der Waals surface area (Å²) in [5, 5.41) is 37.8. The third-order valence-corrected chi connectivity index (χ3v) is 3.60. The van der Waals surface area contributed by atoms with Crippen LogP contribution in [0.4, 0.5) is 0 Å². The average molecular weight is 328 g/mol. The molecule has 0 unspecified atom stereocenters. The Balaban J connectivity index is 3.74. The lowest BCUT2D eigenvalue weighted by Gasteiger charge is -2.14. The predicted molar refractivity (Wildman–Crippen MR) is 91.2 cm³/mol. The lowest BCUT2D eigenvalue weighted by atomic mass is 10.0. The standard InChI is InChI=1S/C18H32O5/c1-2-3-7-10-15(19)13-14-17(21)16(20)11-8-5-4-6-9-12-18(22)23/h3,7,13-17,19-21H,2,4-6,8-12H2,1H3,(H,22,23)/b7-3-,14-13+/t15-,16+,17-/m0/s1. The number of rotatable bonds is 14. The first kappa shape index (κ1) is 21.8. The molecule has 5 heteroatoms. The second kappa shape index (κ2) is 14.4. The monoisotopic (exact) mass is 328 g/mol. The molecule has 0 radical (unpaired) electrons. The number of hydrogen-bond acceptors (Lipinski definition) is 4. The highest BCUT2D eigenvalue weighted by molar-refractivity contribution is 5.66. The molecule has 0 aliphatic carbocycles. The molecule has 0 fully saturated rings. The Morgan fingerprint density at radius 3 is 2.26 bits per heavy atom. The minimum absolute atomic E-state index is 0.210. The van der Waals surface area contributed by atoms with Crippen LogP contribution >= 0.6 is 0 Å². The van der Waals surface area contributed by atoms with Crippen LogP contribution in [0.5, 0.6) is 0 Å². The maximum Gasteiger partial charge on any atom is 0.303 e. The zero-order valence-corrected chi connectivity index (χ0v) is 14.1. The summed E-state index contributed by atoms with van der Waals surface area (Å²) in [6.07, 6.45) is 10.7. The van der Waals surface area contributed by atoms with Crippen molar-refractivity contribution in [3.05, 3.63) is 24.3 Å². The molecule has 5 nitrogen and oxygen atoms in total. The van der Waals surface area contributed by atoms with E-state index in [1.54, 1.807) is 0 Å². The Morgan fingerprint density at radius 1 is 0.957 bits per heavy atom. The summed E-state index contributed by atoms with van der Waals surface area (Å²) in [6, 6.07) is 0. The van der Waals surface area contributed by atoms with Crippen molar-refractivity contribution in [2.45, 2.75) is 83.0 Å². The van der Waals surface area contributed by atoms with E-state index in [2.05, 4.69) is 0 Å². The molecule has 0 spiro atoms. The fourth-order valence-corrected chi connectivity index (χ4v) is 2.18. The van der Waals surface area contributed by atoms with E-state index in [9.17, 15) is 20.1 Å². The molecule has 0 aromatic rings. The lowest BCUT2D eigenvalue weighted by molar-refractivity contribution is -0.137. The van der Waals surface area contributed by atoms with E-state index >= 15 is 0 Å². The predicted octanol–water partition coefficient (Wildman–Crippen LogP) is 2.80. The molecular weight excluding hydrogens is 296 g/mol. The van der Waals surface area contributed by atoms with Crippen molar-refractivity contribution >= 4 is 5.97 Å². The maximum atomic E-state index is 10.3. The molecule has 0 aliphatic rings. The van der Waals surface area contributed by atoms with Crippen molar-refractivity contribution in [1.29, 1.82) is 0 Å². The van der Waals surface area contributed by atoms with E-state index < -0.39 is 24.3 Å². The number of carboxylic acids is 1. The minimum Gasteiger partial charge on any atom is -0.481 e. The second-order valence-electron chi connectivity index (χ2n) is 5.83. The molecule has 0 heterocycles. The van der Waals surface area contributed by atoms with E-state index in [0.29, 0.717) is 19.3 Å². The summed E-state index contributed by atoms with van der Waals surface area (Å²) >= 11 is 0. The summed E-state index contributed by atoms with van der Waals surface area (Å²) in [4.78, 5) is 10.3. The van der Waals surface area contributed by atoms with Crippen LogP contribution in [0.3, 0.4) is 0 Å². The van der Waals surface area contributed by atoms with Crippen molar-refractivity contribution in [2.24, 2.45) is 0 Å². The Hall–Kier alpha value is -1.17. The topological polar surface area (TPSA) is 98.0 Å². The van der Waals surface area contributed by atoms with Gasteiger partial charge in [0.25, 0.3) is 0 Å². The molecule has 3 atom stereocenters. The zero-order valence-electron chi connectivity index (χ0n) is 14.1. The zero-order chi connectivity index (χ0) is 17.5. The van der Waals surface area contributed by atoms with Gasteiger partial charge in [-0.15, -0.1) is 0 Å². The van der Waals surface area contributed by atoms with Gasteiger partial charge in [0.15, 0.2) is 0 Å². The van der Waals surface area contributed by atoms with Crippen LogP contribution in [0, 0.1) is 0 Å². The third kappa shape index (κ3) is 14.2. The number of unbranched alkanes of at least 4 members (excludes halogenated alkanes) is 4. The number of carboxylic acid groups (broad SMARTS) is 1. The van der Waals surface area contributed by atoms with E-state index in [1.165, 1.54) is 12.2 Å². The van der Waals surface area contributed by atoms with Crippen molar-refractivity contribution in [3.63, 3.8) is 0 Å². The largest absolute Gasteiger partial charge is 0.481 e. The van der Waals surface area contributed by atoms with Gasteiger partial charge in [-0.3, -0.25) is 4.79 Å². The number of aliphatic hydroxyl groups is 3. The third-order valence-electron chi connectivity index (χ3n) is 3.60. The van der Waals surface area contributed by atoms with E-state index in [1.807, 2.05) is 19.1 Å². The highest BCUT2D eigenvalue weighted by Crippen LogP contribution is 2.11. The molecule has 0 aromatic heterocycles. The average Bonchev–Trinajstić information content (AvgIpc) is 2.51. The first-order chi connectivity index (χ1) is 11.0. The lowest BCUT2D eigenvalue weighted by Crippen LogP contribution is -2.24. The molecule has 0 rings (SSSR count). The molecule has 0 aromatic carbocycles. The SMILES string of the molecule is CC/C=C\C[C@H](O)/C=C/[C@H](O)[C@H](O)CCCCCCCC(=O)O. The van der Waals surface area contributed by atoms with Gasteiger partial charge in [0.2, 0.25) is 0 Å². The van der Waals surface area contributed by atoms with Gasteiger partial charge in [-0.25, -0.2) is 0 Å². The van der Waals surface area contributed by atoms with E-state index in [4.69, 9.17) is 5.11 Å². The van der Waals surface area contributed by atoms with Crippen LogP contribution in [0.1, 0.15) is 64.7 Å². The number of hydrogen-bond donors (Lipinski definition) is 4. The quantitative estimate of drug-likeness (QED) is 0.290. The summed E-state index contributed by atoms with van der Waals surface area (Å²) in [5.74, 6) is -0.761. The molecule has 0 saturated heterocycles. The summed E-state index contributed by atoms with van der Waals surface area (Å²) < 4.78 is 0. The minimum atomic E-state index is -0.966. The summed E-state index contributed by atoms with van der Waals surface area (Å²) in [5.41, 5.74) is 0.